The molecule has 5 rings (SSSR count). The van der Waals surface area contributed by atoms with E-state index in [-0.39, 0.29) is 33.9 Å². The predicted molar refractivity (Wildman–Crippen MR) is 125 cm³/mol. The van der Waals surface area contributed by atoms with Crippen molar-refractivity contribution in [1.82, 2.24) is 0 Å². The van der Waals surface area contributed by atoms with Crippen molar-refractivity contribution in [2.24, 2.45) is 34.0 Å². The SMILES string of the molecule is CO[C@H]1C=C[C@]2(C)[C@H]3CC[C@]4(C)[C@@H](c5ccc(=O)oc5)[C@@H](C)C[C@]4(O)C3=CC[C@H]2C1(C)C. The first kappa shape index (κ1) is 22.2. The lowest BCUT2D eigenvalue weighted by Gasteiger charge is -2.61. The molecule has 0 unspecified atom stereocenters. The van der Waals surface area contributed by atoms with Gasteiger partial charge in [0.25, 0.3) is 0 Å². The molecule has 1 aromatic heterocycles. The van der Waals surface area contributed by atoms with Crippen molar-refractivity contribution >= 4 is 0 Å². The molecule has 1 heterocycles. The smallest absolute Gasteiger partial charge is 0.335 e. The van der Waals surface area contributed by atoms with Crippen LogP contribution in [-0.4, -0.2) is 23.9 Å². The zero-order valence-corrected chi connectivity index (χ0v) is 20.4. The Morgan fingerprint density at radius 1 is 1.19 bits per heavy atom. The molecular formula is C28H38O4. The van der Waals surface area contributed by atoms with Crippen LogP contribution in [0.15, 0.2) is 51.4 Å². The van der Waals surface area contributed by atoms with Crippen LogP contribution in [-0.2, 0) is 4.74 Å². The van der Waals surface area contributed by atoms with Gasteiger partial charge in [0.2, 0.25) is 0 Å². The molecule has 0 spiro atoms. The van der Waals surface area contributed by atoms with E-state index in [9.17, 15) is 9.90 Å². The molecule has 0 aliphatic heterocycles. The van der Waals surface area contributed by atoms with Gasteiger partial charge in [0.1, 0.15) is 0 Å². The van der Waals surface area contributed by atoms with E-state index in [1.54, 1.807) is 6.26 Å². The van der Waals surface area contributed by atoms with E-state index < -0.39 is 5.60 Å². The molecule has 0 aromatic carbocycles. The molecule has 4 heteroatoms. The number of hydrogen-bond donors (Lipinski definition) is 1. The highest BCUT2D eigenvalue weighted by Gasteiger charge is 2.67. The largest absolute Gasteiger partial charge is 0.431 e. The van der Waals surface area contributed by atoms with E-state index in [1.165, 1.54) is 11.6 Å². The molecule has 1 aromatic rings. The van der Waals surface area contributed by atoms with Gasteiger partial charge in [-0.1, -0.05) is 52.8 Å². The van der Waals surface area contributed by atoms with Crippen molar-refractivity contribution in [3.05, 3.63) is 58.2 Å². The Bertz CT molecular complexity index is 1010. The average molecular weight is 439 g/mol. The van der Waals surface area contributed by atoms with E-state index in [2.05, 4.69) is 52.8 Å². The van der Waals surface area contributed by atoms with Gasteiger partial charge in [0, 0.05) is 18.6 Å². The summed E-state index contributed by atoms with van der Waals surface area (Å²) in [4.78, 5) is 11.6. The van der Waals surface area contributed by atoms with Crippen LogP contribution in [0.4, 0.5) is 0 Å². The van der Waals surface area contributed by atoms with Gasteiger partial charge in [0.05, 0.1) is 18.0 Å². The van der Waals surface area contributed by atoms with Crippen LogP contribution in [0.5, 0.6) is 0 Å². The molecule has 0 radical (unpaired) electrons. The third-order valence-electron chi connectivity index (χ3n) is 10.3. The molecule has 4 nitrogen and oxygen atoms in total. The Kier molecular flexibility index (Phi) is 4.80. The Morgan fingerprint density at radius 2 is 1.94 bits per heavy atom. The number of aliphatic hydroxyl groups is 1. The first-order chi connectivity index (χ1) is 15.0. The van der Waals surface area contributed by atoms with Crippen LogP contribution in [0.3, 0.4) is 0 Å². The van der Waals surface area contributed by atoms with Crippen molar-refractivity contribution in [3.63, 3.8) is 0 Å². The number of rotatable bonds is 2. The minimum Gasteiger partial charge on any atom is -0.431 e. The van der Waals surface area contributed by atoms with Gasteiger partial charge >= 0.3 is 5.63 Å². The van der Waals surface area contributed by atoms with Gasteiger partial charge < -0.3 is 14.3 Å². The topological polar surface area (TPSA) is 59.7 Å². The standard InChI is InChI=1S/C28H38O4/c1-17-15-28(30)20-8-9-21-25(2,3)22(31-6)12-13-26(21,4)19(20)11-14-27(28,5)24(17)18-7-10-23(29)32-16-18/h7-8,10,12-13,16-17,19,21-22,24,30H,9,11,14-15H2,1-6H3/t17-,19-,21-,22-,24+,26+,27+,28-/m0/s1. The monoisotopic (exact) mass is 438 g/mol. The lowest BCUT2D eigenvalue weighted by molar-refractivity contribution is -0.105. The maximum atomic E-state index is 12.4. The number of methoxy groups -OCH3 is 1. The van der Waals surface area contributed by atoms with Crippen molar-refractivity contribution in [2.45, 2.75) is 77.9 Å². The number of allylic oxidation sites excluding steroid dienone is 2. The van der Waals surface area contributed by atoms with Gasteiger partial charge in [-0.25, -0.2) is 4.79 Å². The maximum Gasteiger partial charge on any atom is 0.335 e. The summed E-state index contributed by atoms with van der Waals surface area (Å²) in [7, 11) is 1.81. The second-order valence-corrected chi connectivity index (χ2v) is 12.1. The third-order valence-corrected chi connectivity index (χ3v) is 10.3. The fourth-order valence-electron chi connectivity index (χ4n) is 8.80. The Morgan fingerprint density at radius 3 is 2.59 bits per heavy atom. The van der Waals surface area contributed by atoms with Crippen molar-refractivity contribution in [1.29, 1.82) is 0 Å². The minimum absolute atomic E-state index is 0.0144. The Balaban J connectivity index is 1.58. The molecule has 2 fully saturated rings. The molecule has 0 saturated heterocycles. The molecule has 0 bridgehead atoms. The number of hydrogen-bond acceptors (Lipinski definition) is 4. The molecule has 32 heavy (non-hydrogen) atoms. The van der Waals surface area contributed by atoms with Crippen LogP contribution in [0.2, 0.25) is 0 Å². The van der Waals surface area contributed by atoms with E-state index in [0.717, 1.165) is 31.2 Å². The molecule has 4 aliphatic rings. The average Bonchev–Trinajstić information content (AvgIpc) is 2.94. The number of fused-ring (bicyclic) bond motifs is 5. The van der Waals surface area contributed by atoms with Gasteiger partial charge in [-0.15, -0.1) is 0 Å². The zero-order chi connectivity index (χ0) is 23.1. The molecular weight excluding hydrogens is 400 g/mol. The van der Waals surface area contributed by atoms with E-state index in [0.29, 0.717) is 17.8 Å². The van der Waals surface area contributed by atoms with Crippen molar-refractivity contribution in [3.8, 4) is 0 Å². The van der Waals surface area contributed by atoms with Crippen LogP contribution in [0.25, 0.3) is 0 Å². The summed E-state index contributed by atoms with van der Waals surface area (Å²) in [5.74, 6) is 1.29. The van der Waals surface area contributed by atoms with Crippen molar-refractivity contribution < 1.29 is 14.3 Å². The molecule has 2 saturated carbocycles. The Hall–Kier alpha value is -1.65. The Labute approximate surface area is 191 Å². The summed E-state index contributed by atoms with van der Waals surface area (Å²) in [5, 5.41) is 12.4. The lowest BCUT2D eigenvalue weighted by atomic mass is 9.44. The van der Waals surface area contributed by atoms with Crippen LogP contribution in [0, 0.1) is 34.0 Å². The molecule has 174 valence electrons. The van der Waals surface area contributed by atoms with Gasteiger partial charge in [-0.05, 0) is 77.4 Å². The lowest BCUT2D eigenvalue weighted by Crippen LogP contribution is -2.59. The van der Waals surface area contributed by atoms with E-state index in [1.807, 2.05) is 13.2 Å². The van der Waals surface area contributed by atoms with Crippen LogP contribution < -0.4 is 5.63 Å². The zero-order valence-electron chi connectivity index (χ0n) is 20.4. The first-order valence-electron chi connectivity index (χ1n) is 12.2. The summed E-state index contributed by atoms with van der Waals surface area (Å²) in [6.45, 7) is 11.6. The highest BCUT2D eigenvalue weighted by Crippen LogP contribution is 2.71. The van der Waals surface area contributed by atoms with E-state index >= 15 is 0 Å². The van der Waals surface area contributed by atoms with Gasteiger partial charge in [-0.2, -0.15) is 0 Å². The summed E-state index contributed by atoms with van der Waals surface area (Å²) < 4.78 is 11.1. The quantitative estimate of drug-likeness (QED) is 0.622. The van der Waals surface area contributed by atoms with Crippen molar-refractivity contribution in [2.75, 3.05) is 7.11 Å². The fraction of sp³-hybridized carbons (Fsp3) is 0.679. The first-order valence-corrected chi connectivity index (χ1v) is 12.2. The van der Waals surface area contributed by atoms with Gasteiger partial charge in [-0.3, -0.25) is 0 Å². The summed E-state index contributed by atoms with van der Waals surface area (Å²) in [6, 6.07) is 3.42. The third kappa shape index (κ3) is 2.66. The van der Waals surface area contributed by atoms with Crippen LogP contribution >= 0.6 is 0 Å². The van der Waals surface area contributed by atoms with E-state index in [4.69, 9.17) is 9.15 Å². The number of ether oxygens (including phenoxy) is 1. The fourth-order valence-corrected chi connectivity index (χ4v) is 8.80. The minimum atomic E-state index is -0.833. The molecule has 4 aliphatic carbocycles. The summed E-state index contributed by atoms with van der Waals surface area (Å²) in [6.07, 6.45) is 12.6. The summed E-state index contributed by atoms with van der Waals surface area (Å²) >= 11 is 0. The second-order valence-electron chi connectivity index (χ2n) is 12.1. The normalized spacial score (nSPS) is 46.7. The summed E-state index contributed by atoms with van der Waals surface area (Å²) in [5.41, 5.74) is 0.917. The highest BCUT2D eigenvalue weighted by atomic mass is 16.5. The molecule has 1 N–H and O–H groups in total. The van der Waals surface area contributed by atoms with Gasteiger partial charge in [0.15, 0.2) is 0 Å². The highest BCUT2D eigenvalue weighted by molar-refractivity contribution is 5.41. The second kappa shape index (κ2) is 6.93. The molecule has 8 atom stereocenters. The maximum absolute atomic E-state index is 12.4. The van der Waals surface area contributed by atoms with Crippen LogP contribution in [0.1, 0.15) is 71.8 Å². The predicted octanol–water partition coefficient (Wildman–Crippen LogP) is 5.47. The molecule has 0 amide bonds.